The van der Waals surface area contributed by atoms with Crippen LogP contribution >= 0.6 is 0 Å². The predicted molar refractivity (Wildman–Crippen MR) is 86.4 cm³/mol. The lowest BCUT2D eigenvalue weighted by atomic mass is 9.87. The average Bonchev–Trinajstić information content (AvgIpc) is 2.40. The van der Waals surface area contributed by atoms with Crippen LogP contribution in [0.2, 0.25) is 0 Å². The molecule has 21 heavy (non-hydrogen) atoms. The Hall–Kier alpha value is -0.650. The number of rotatable bonds is 8. The van der Waals surface area contributed by atoms with E-state index in [1.54, 1.807) is 0 Å². The number of carbonyl (C=O) groups is 1. The molecule has 1 rings (SSSR count). The first kappa shape index (κ1) is 18.4. The van der Waals surface area contributed by atoms with Crippen LogP contribution in [-0.2, 0) is 9.53 Å². The molecule has 0 radical (unpaired) electrons. The largest absolute Gasteiger partial charge is 0.465 e. The second kappa shape index (κ2) is 8.71. The van der Waals surface area contributed by atoms with Crippen molar-refractivity contribution in [3.05, 3.63) is 0 Å². The topological polar surface area (TPSA) is 44.8 Å². The monoisotopic (exact) mass is 299 g/mol. The number of nitrogens with one attached hydrogen (secondary N) is 1. The van der Waals surface area contributed by atoms with E-state index in [1.807, 2.05) is 21.0 Å². The summed E-state index contributed by atoms with van der Waals surface area (Å²) in [6.07, 6.45) is 1.68. The number of esters is 1. The molecular formula is C16H33N3O2. The van der Waals surface area contributed by atoms with Crippen molar-refractivity contribution in [2.45, 2.75) is 39.2 Å². The maximum Gasteiger partial charge on any atom is 0.326 e. The van der Waals surface area contributed by atoms with Crippen LogP contribution < -0.4 is 5.32 Å². The van der Waals surface area contributed by atoms with Gasteiger partial charge in [-0.1, -0.05) is 13.8 Å². The summed E-state index contributed by atoms with van der Waals surface area (Å²) in [6.45, 7) is 11.6. The van der Waals surface area contributed by atoms with Crippen LogP contribution in [0.15, 0.2) is 0 Å². The molecule has 0 aromatic heterocycles. The third kappa shape index (κ3) is 5.93. The van der Waals surface area contributed by atoms with E-state index in [9.17, 15) is 4.79 Å². The van der Waals surface area contributed by atoms with Gasteiger partial charge in [0, 0.05) is 32.7 Å². The van der Waals surface area contributed by atoms with E-state index in [4.69, 9.17) is 4.74 Å². The molecule has 1 heterocycles. The SMILES string of the molecule is CCOC(=O)C1(NCCN(C)C)CCN(CC(C)C)CC1. The highest BCUT2D eigenvalue weighted by atomic mass is 16.5. The summed E-state index contributed by atoms with van der Waals surface area (Å²) in [4.78, 5) is 17.0. The van der Waals surface area contributed by atoms with Gasteiger partial charge in [-0.05, 0) is 39.8 Å². The highest BCUT2D eigenvalue weighted by Gasteiger charge is 2.42. The van der Waals surface area contributed by atoms with Gasteiger partial charge in [0.15, 0.2) is 0 Å². The molecule has 0 amide bonds. The van der Waals surface area contributed by atoms with Gasteiger partial charge in [-0.15, -0.1) is 0 Å². The molecular weight excluding hydrogens is 266 g/mol. The Balaban J connectivity index is 2.60. The Labute approximate surface area is 130 Å². The van der Waals surface area contributed by atoms with Crippen LogP contribution in [-0.4, -0.2) is 74.7 Å². The number of piperidine rings is 1. The van der Waals surface area contributed by atoms with Crippen molar-refractivity contribution in [3.63, 3.8) is 0 Å². The summed E-state index contributed by atoms with van der Waals surface area (Å²) in [5, 5.41) is 3.48. The number of nitrogens with zero attached hydrogens (tertiary/aromatic N) is 2. The quantitative estimate of drug-likeness (QED) is 0.682. The van der Waals surface area contributed by atoms with Gasteiger partial charge in [0.1, 0.15) is 5.54 Å². The second-order valence-electron chi connectivity index (χ2n) is 6.73. The van der Waals surface area contributed by atoms with Crippen LogP contribution in [0.25, 0.3) is 0 Å². The molecule has 0 aliphatic carbocycles. The zero-order valence-electron chi connectivity index (χ0n) is 14.4. The Bertz CT molecular complexity index is 311. The number of hydrogen-bond acceptors (Lipinski definition) is 5. The molecule has 1 fully saturated rings. The summed E-state index contributed by atoms with van der Waals surface area (Å²) in [7, 11) is 4.09. The molecule has 0 saturated carbocycles. The molecule has 1 aliphatic heterocycles. The summed E-state index contributed by atoms with van der Waals surface area (Å²) in [5.74, 6) is 0.592. The average molecular weight is 299 g/mol. The minimum absolute atomic E-state index is 0.0760. The molecule has 0 aromatic rings. The van der Waals surface area contributed by atoms with Gasteiger partial charge in [-0.25, -0.2) is 0 Å². The molecule has 1 saturated heterocycles. The van der Waals surface area contributed by atoms with E-state index >= 15 is 0 Å². The van der Waals surface area contributed by atoms with Gasteiger partial charge in [-0.2, -0.15) is 0 Å². The summed E-state index contributed by atoms with van der Waals surface area (Å²) in [6, 6.07) is 0. The maximum absolute atomic E-state index is 12.4. The van der Waals surface area contributed by atoms with Crippen molar-refractivity contribution < 1.29 is 9.53 Å². The number of hydrogen-bond donors (Lipinski definition) is 1. The highest BCUT2D eigenvalue weighted by molar-refractivity contribution is 5.81. The van der Waals surface area contributed by atoms with Gasteiger partial charge in [0.25, 0.3) is 0 Å². The Morgan fingerprint density at radius 2 is 1.95 bits per heavy atom. The van der Waals surface area contributed by atoms with Crippen molar-refractivity contribution >= 4 is 5.97 Å². The third-order valence-corrected chi connectivity index (χ3v) is 4.02. The van der Waals surface area contributed by atoms with E-state index in [0.29, 0.717) is 12.5 Å². The van der Waals surface area contributed by atoms with E-state index in [2.05, 4.69) is 29.0 Å². The summed E-state index contributed by atoms with van der Waals surface area (Å²) < 4.78 is 5.33. The minimum Gasteiger partial charge on any atom is -0.465 e. The lowest BCUT2D eigenvalue weighted by Crippen LogP contribution is -2.60. The molecule has 0 unspecified atom stereocenters. The van der Waals surface area contributed by atoms with Crippen LogP contribution in [0.1, 0.15) is 33.6 Å². The predicted octanol–water partition coefficient (Wildman–Crippen LogP) is 1.19. The smallest absolute Gasteiger partial charge is 0.326 e. The van der Waals surface area contributed by atoms with Gasteiger partial charge >= 0.3 is 5.97 Å². The zero-order chi connectivity index (χ0) is 15.9. The van der Waals surface area contributed by atoms with Gasteiger partial charge in [0.2, 0.25) is 0 Å². The second-order valence-corrected chi connectivity index (χ2v) is 6.73. The molecule has 124 valence electrons. The van der Waals surface area contributed by atoms with E-state index < -0.39 is 5.54 Å². The number of ether oxygens (including phenoxy) is 1. The fourth-order valence-electron chi connectivity index (χ4n) is 2.87. The summed E-state index contributed by atoms with van der Waals surface area (Å²) in [5.41, 5.74) is -0.487. The third-order valence-electron chi connectivity index (χ3n) is 4.02. The Kier molecular flexibility index (Phi) is 7.63. The number of likely N-dealkylation sites (N-methyl/N-ethyl adjacent to an activating group) is 1. The Morgan fingerprint density at radius 1 is 1.33 bits per heavy atom. The zero-order valence-corrected chi connectivity index (χ0v) is 14.4. The van der Waals surface area contributed by atoms with Crippen molar-refractivity contribution in [2.75, 3.05) is 53.4 Å². The van der Waals surface area contributed by atoms with Crippen molar-refractivity contribution in [1.82, 2.24) is 15.1 Å². The van der Waals surface area contributed by atoms with E-state index in [0.717, 1.165) is 45.6 Å². The minimum atomic E-state index is -0.487. The Morgan fingerprint density at radius 3 is 2.43 bits per heavy atom. The first-order valence-electron chi connectivity index (χ1n) is 8.19. The highest BCUT2D eigenvalue weighted by Crippen LogP contribution is 2.24. The maximum atomic E-state index is 12.4. The molecule has 1 aliphatic rings. The van der Waals surface area contributed by atoms with Crippen LogP contribution in [0, 0.1) is 5.92 Å². The molecule has 5 heteroatoms. The van der Waals surface area contributed by atoms with Crippen molar-refractivity contribution in [2.24, 2.45) is 5.92 Å². The number of likely N-dealkylation sites (tertiary alicyclic amines) is 1. The van der Waals surface area contributed by atoms with Crippen LogP contribution in [0.5, 0.6) is 0 Å². The molecule has 5 nitrogen and oxygen atoms in total. The normalized spacial score (nSPS) is 19.2. The first-order valence-corrected chi connectivity index (χ1v) is 8.19. The summed E-state index contributed by atoms with van der Waals surface area (Å²) >= 11 is 0. The molecule has 0 aromatic carbocycles. The van der Waals surface area contributed by atoms with Crippen LogP contribution in [0.3, 0.4) is 0 Å². The molecule has 0 bridgehead atoms. The molecule has 0 atom stereocenters. The van der Waals surface area contributed by atoms with E-state index in [-0.39, 0.29) is 5.97 Å². The van der Waals surface area contributed by atoms with Gasteiger partial charge in [-0.3, -0.25) is 4.79 Å². The molecule has 0 spiro atoms. The molecule has 1 N–H and O–H groups in total. The van der Waals surface area contributed by atoms with Crippen LogP contribution in [0.4, 0.5) is 0 Å². The lowest BCUT2D eigenvalue weighted by molar-refractivity contribution is -0.153. The fourth-order valence-corrected chi connectivity index (χ4v) is 2.87. The van der Waals surface area contributed by atoms with Gasteiger partial charge in [0.05, 0.1) is 6.61 Å². The van der Waals surface area contributed by atoms with Gasteiger partial charge < -0.3 is 19.9 Å². The van der Waals surface area contributed by atoms with Crippen molar-refractivity contribution in [1.29, 1.82) is 0 Å². The number of carbonyl (C=O) groups excluding carboxylic acids is 1. The standard InChI is InChI=1S/C16H33N3O2/c1-6-21-15(20)16(17-9-12-18(4)5)7-10-19(11-8-16)13-14(2)3/h14,17H,6-13H2,1-5H3. The first-order chi connectivity index (χ1) is 9.89. The van der Waals surface area contributed by atoms with E-state index in [1.165, 1.54) is 0 Å². The fraction of sp³-hybridized carbons (Fsp3) is 0.938. The lowest BCUT2D eigenvalue weighted by Gasteiger charge is -2.41. The van der Waals surface area contributed by atoms with Crippen molar-refractivity contribution in [3.8, 4) is 0 Å².